The fourth-order valence-electron chi connectivity index (χ4n) is 3.01. The highest BCUT2D eigenvalue weighted by atomic mass is 32.2. The van der Waals surface area contributed by atoms with Gasteiger partial charge in [-0.05, 0) is 61.2 Å². The Morgan fingerprint density at radius 3 is 2.71 bits per heavy atom. The van der Waals surface area contributed by atoms with Gasteiger partial charge in [0.25, 0.3) is 0 Å². The van der Waals surface area contributed by atoms with E-state index in [-0.39, 0.29) is 17.7 Å². The van der Waals surface area contributed by atoms with E-state index in [2.05, 4.69) is 46.0 Å². The smallest absolute Gasteiger partial charge is 0.230 e. The zero-order valence-electron chi connectivity index (χ0n) is 16.4. The van der Waals surface area contributed by atoms with Crippen LogP contribution in [-0.2, 0) is 11.2 Å². The lowest BCUT2D eigenvalue weighted by Gasteiger charge is -2.14. The molecule has 0 unspecified atom stereocenters. The van der Waals surface area contributed by atoms with Gasteiger partial charge in [0.1, 0.15) is 0 Å². The average molecular weight is 396 g/mol. The number of carbonyl (C=O) groups is 1. The van der Waals surface area contributed by atoms with Crippen molar-refractivity contribution in [1.29, 1.82) is 0 Å². The third-order valence-corrected chi connectivity index (χ3v) is 5.39. The lowest BCUT2D eigenvalue weighted by Crippen LogP contribution is -2.34. The normalized spacial score (nSPS) is 12.0. The van der Waals surface area contributed by atoms with E-state index in [1.54, 1.807) is 4.68 Å². The van der Waals surface area contributed by atoms with Crippen molar-refractivity contribution in [2.45, 2.75) is 44.8 Å². The van der Waals surface area contributed by atoms with Crippen molar-refractivity contribution >= 4 is 17.7 Å². The number of benzene rings is 2. The molecule has 1 aromatic heterocycles. The number of thioether (sulfide) groups is 1. The summed E-state index contributed by atoms with van der Waals surface area (Å²) in [4.78, 5) is 12.3. The Hall–Kier alpha value is -2.67. The zero-order chi connectivity index (χ0) is 19.9. The fraction of sp³-hybridized carbons (Fsp3) is 0.333. The van der Waals surface area contributed by atoms with Crippen LogP contribution in [0.4, 0.5) is 0 Å². The Bertz CT molecular complexity index is 926. The van der Waals surface area contributed by atoms with Crippen molar-refractivity contribution in [2.24, 2.45) is 0 Å². The van der Waals surface area contributed by atoms with Gasteiger partial charge in [0.15, 0.2) is 0 Å². The maximum Gasteiger partial charge on any atom is 0.230 e. The molecule has 0 spiro atoms. The zero-order valence-corrected chi connectivity index (χ0v) is 17.2. The third kappa shape index (κ3) is 5.42. The summed E-state index contributed by atoms with van der Waals surface area (Å²) in [7, 11) is 0. The SMILES string of the molecule is Cc1ccc(-n2nnnc2SCC(=O)N[C@@H](C)CCc2ccccc2)c(C)c1. The summed E-state index contributed by atoms with van der Waals surface area (Å²) < 4.78 is 1.69. The van der Waals surface area contributed by atoms with E-state index in [0.717, 1.165) is 24.1 Å². The van der Waals surface area contributed by atoms with Crippen LogP contribution < -0.4 is 5.32 Å². The van der Waals surface area contributed by atoms with Crippen LogP contribution in [0.1, 0.15) is 30.0 Å². The van der Waals surface area contributed by atoms with Crippen LogP contribution in [-0.4, -0.2) is 37.9 Å². The number of aromatic nitrogens is 4. The number of carbonyl (C=O) groups excluding carboxylic acids is 1. The quantitative estimate of drug-likeness (QED) is 0.591. The summed E-state index contributed by atoms with van der Waals surface area (Å²) in [6.45, 7) is 6.11. The summed E-state index contributed by atoms with van der Waals surface area (Å²) in [5.41, 5.74) is 4.49. The highest BCUT2D eigenvalue weighted by molar-refractivity contribution is 7.99. The molecular formula is C21H25N5OS. The Labute approximate surface area is 169 Å². The minimum Gasteiger partial charge on any atom is -0.353 e. The molecule has 3 aromatic rings. The lowest BCUT2D eigenvalue weighted by atomic mass is 10.1. The van der Waals surface area contributed by atoms with E-state index in [1.165, 1.54) is 22.9 Å². The molecule has 0 fully saturated rings. The molecule has 146 valence electrons. The molecule has 0 bridgehead atoms. The van der Waals surface area contributed by atoms with Crippen LogP contribution in [0.15, 0.2) is 53.7 Å². The number of nitrogens with one attached hydrogen (secondary N) is 1. The van der Waals surface area contributed by atoms with Crippen LogP contribution in [0.2, 0.25) is 0 Å². The van der Waals surface area contributed by atoms with Gasteiger partial charge in [-0.15, -0.1) is 5.10 Å². The number of rotatable bonds is 8. The molecule has 3 rings (SSSR count). The van der Waals surface area contributed by atoms with Crippen molar-refractivity contribution in [3.8, 4) is 5.69 Å². The van der Waals surface area contributed by atoms with Gasteiger partial charge in [0.05, 0.1) is 11.4 Å². The fourth-order valence-corrected chi connectivity index (χ4v) is 3.70. The first-order valence-corrected chi connectivity index (χ1v) is 10.3. The van der Waals surface area contributed by atoms with Gasteiger partial charge in [-0.1, -0.05) is 59.8 Å². The average Bonchev–Trinajstić information content (AvgIpc) is 3.14. The molecule has 1 heterocycles. The van der Waals surface area contributed by atoms with Crippen molar-refractivity contribution in [3.05, 3.63) is 65.2 Å². The Balaban J connectivity index is 1.52. The first kappa shape index (κ1) is 20.1. The largest absolute Gasteiger partial charge is 0.353 e. The molecule has 1 N–H and O–H groups in total. The van der Waals surface area contributed by atoms with E-state index < -0.39 is 0 Å². The molecule has 6 nitrogen and oxygen atoms in total. The summed E-state index contributed by atoms with van der Waals surface area (Å²) >= 11 is 1.34. The molecule has 7 heteroatoms. The van der Waals surface area contributed by atoms with Crippen LogP contribution in [0.3, 0.4) is 0 Å². The molecule has 0 aliphatic rings. The van der Waals surface area contributed by atoms with E-state index in [0.29, 0.717) is 5.16 Å². The van der Waals surface area contributed by atoms with E-state index in [4.69, 9.17) is 0 Å². The maximum absolute atomic E-state index is 12.3. The van der Waals surface area contributed by atoms with E-state index in [1.807, 2.05) is 44.2 Å². The Morgan fingerprint density at radius 1 is 1.18 bits per heavy atom. The van der Waals surface area contributed by atoms with E-state index in [9.17, 15) is 4.79 Å². The molecular weight excluding hydrogens is 370 g/mol. The highest BCUT2D eigenvalue weighted by Gasteiger charge is 2.14. The van der Waals surface area contributed by atoms with E-state index >= 15 is 0 Å². The van der Waals surface area contributed by atoms with Gasteiger partial charge in [0.2, 0.25) is 11.1 Å². The molecule has 1 amide bonds. The minimum absolute atomic E-state index is 0.0132. The second-order valence-electron chi connectivity index (χ2n) is 6.94. The van der Waals surface area contributed by atoms with Gasteiger partial charge in [0, 0.05) is 6.04 Å². The number of hydrogen-bond acceptors (Lipinski definition) is 5. The standard InChI is InChI=1S/C21H25N5OS/c1-15-9-12-19(16(2)13-15)26-21(23-24-25-26)28-14-20(27)22-17(3)10-11-18-7-5-4-6-8-18/h4-9,12-13,17H,10-11,14H2,1-3H3,(H,22,27)/t17-/m0/s1. The third-order valence-electron chi connectivity index (χ3n) is 4.47. The Morgan fingerprint density at radius 2 is 1.96 bits per heavy atom. The second-order valence-corrected chi connectivity index (χ2v) is 7.89. The number of tetrazole rings is 1. The summed E-state index contributed by atoms with van der Waals surface area (Å²) in [5.74, 6) is 0.266. The molecule has 0 aliphatic heterocycles. The van der Waals surface area contributed by atoms with Crippen molar-refractivity contribution < 1.29 is 4.79 Å². The number of aryl methyl sites for hydroxylation is 3. The topological polar surface area (TPSA) is 72.7 Å². The number of nitrogens with zero attached hydrogens (tertiary/aromatic N) is 4. The van der Waals surface area contributed by atoms with Gasteiger partial charge in [-0.2, -0.15) is 4.68 Å². The first-order chi connectivity index (χ1) is 13.5. The van der Waals surface area contributed by atoms with Gasteiger partial charge < -0.3 is 5.32 Å². The van der Waals surface area contributed by atoms with Crippen molar-refractivity contribution in [1.82, 2.24) is 25.5 Å². The molecule has 0 saturated heterocycles. The predicted molar refractivity (Wildman–Crippen MR) is 112 cm³/mol. The Kier molecular flexibility index (Phi) is 6.81. The lowest BCUT2D eigenvalue weighted by molar-refractivity contribution is -0.119. The van der Waals surface area contributed by atoms with Crippen molar-refractivity contribution in [3.63, 3.8) is 0 Å². The van der Waals surface area contributed by atoms with Gasteiger partial charge in [-0.25, -0.2) is 0 Å². The molecule has 1 atom stereocenters. The molecule has 0 aliphatic carbocycles. The second kappa shape index (κ2) is 9.50. The van der Waals surface area contributed by atoms with Gasteiger partial charge in [-0.3, -0.25) is 4.79 Å². The van der Waals surface area contributed by atoms with Crippen LogP contribution in [0, 0.1) is 13.8 Å². The predicted octanol–water partition coefficient (Wildman–Crippen LogP) is 3.51. The first-order valence-electron chi connectivity index (χ1n) is 9.35. The van der Waals surface area contributed by atoms with Crippen LogP contribution in [0.25, 0.3) is 5.69 Å². The van der Waals surface area contributed by atoms with Crippen LogP contribution in [0.5, 0.6) is 0 Å². The molecule has 0 radical (unpaired) electrons. The number of amides is 1. The summed E-state index contributed by atoms with van der Waals surface area (Å²) in [6, 6.07) is 16.5. The molecule has 0 saturated carbocycles. The van der Waals surface area contributed by atoms with Gasteiger partial charge >= 0.3 is 0 Å². The number of hydrogen-bond donors (Lipinski definition) is 1. The van der Waals surface area contributed by atoms with Crippen LogP contribution >= 0.6 is 11.8 Å². The minimum atomic E-state index is -0.0132. The summed E-state index contributed by atoms with van der Waals surface area (Å²) in [5, 5.41) is 15.6. The molecule has 28 heavy (non-hydrogen) atoms. The highest BCUT2D eigenvalue weighted by Crippen LogP contribution is 2.21. The van der Waals surface area contributed by atoms with Crippen molar-refractivity contribution in [2.75, 3.05) is 5.75 Å². The molecule has 2 aromatic carbocycles. The maximum atomic E-state index is 12.3. The summed E-state index contributed by atoms with van der Waals surface area (Å²) in [6.07, 6.45) is 1.85. The monoisotopic (exact) mass is 395 g/mol.